The lowest BCUT2D eigenvalue weighted by molar-refractivity contribution is 0.256. The van der Waals surface area contributed by atoms with Crippen LogP contribution in [0.25, 0.3) is 0 Å². The number of hydrogen-bond donors (Lipinski definition) is 4. The van der Waals surface area contributed by atoms with Crippen molar-refractivity contribution in [3.63, 3.8) is 0 Å². The highest BCUT2D eigenvalue weighted by Gasteiger charge is 2.19. The molecule has 5 aromatic carbocycles. The Morgan fingerprint density at radius 3 is 1.20 bits per heavy atom. The van der Waals surface area contributed by atoms with Gasteiger partial charge in [-0.05, 0) is 140 Å². The number of fused-ring (bicyclic) bond motifs is 4. The van der Waals surface area contributed by atoms with Crippen LogP contribution in [0.1, 0.15) is 81.7 Å². The van der Waals surface area contributed by atoms with E-state index in [0.717, 1.165) is 123 Å². The molecular weight excluding hydrogens is 692 g/mol. The van der Waals surface area contributed by atoms with Gasteiger partial charge in [0, 0.05) is 45.2 Å². The molecule has 294 valence electrons. The zero-order valence-electron chi connectivity index (χ0n) is 33.1. The van der Waals surface area contributed by atoms with Gasteiger partial charge in [-0.25, -0.2) is 4.39 Å². The highest BCUT2D eigenvalue weighted by atomic mass is 19.1. The van der Waals surface area contributed by atoms with Gasteiger partial charge in [0.05, 0.1) is 0 Å². The summed E-state index contributed by atoms with van der Waals surface area (Å²) in [5.74, 6) is -0.197. The molecule has 5 aromatic rings. The predicted molar refractivity (Wildman–Crippen MR) is 229 cm³/mol. The smallest absolute Gasteiger partial charge is 0.123 e. The number of benzene rings is 5. The summed E-state index contributed by atoms with van der Waals surface area (Å²) in [7, 11) is 0. The topological polar surface area (TPSA) is 54.6 Å². The van der Waals surface area contributed by atoms with E-state index < -0.39 is 0 Å². The minimum atomic E-state index is -0.201. The van der Waals surface area contributed by atoms with Gasteiger partial charge in [-0.3, -0.25) is 9.80 Å². The third-order valence-corrected chi connectivity index (χ3v) is 11.2. The molecule has 6 nitrogen and oxygen atoms in total. The van der Waals surface area contributed by atoms with Crippen LogP contribution < -0.4 is 21.3 Å². The lowest BCUT2D eigenvalue weighted by Crippen LogP contribution is -2.30. The van der Waals surface area contributed by atoms with Crippen molar-refractivity contribution in [2.24, 2.45) is 0 Å². The van der Waals surface area contributed by atoms with Crippen LogP contribution in [0.2, 0.25) is 0 Å². The number of halogens is 1. The largest absolute Gasteiger partial charge is 0.313 e. The van der Waals surface area contributed by atoms with E-state index in [1.165, 1.54) is 44.5 Å². The van der Waals surface area contributed by atoms with Crippen LogP contribution in [0.5, 0.6) is 0 Å². The number of rotatable bonds is 7. The molecule has 2 heterocycles. The van der Waals surface area contributed by atoms with Crippen LogP contribution in [-0.2, 0) is 39.3 Å². The average Bonchev–Trinajstić information content (AvgIpc) is 3.21. The van der Waals surface area contributed by atoms with E-state index in [4.69, 9.17) is 0 Å². The van der Waals surface area contributed by atoms with E-state index in [0.29, 0.717) is 0 Å². The minimum Gasteiger partial charge on any atom is -0.313 e. The second kappa shape index (κ2) is 21.4. The lowest BCUT2D eigenvalue weighted by Gasteiger charge is -2.25. The maximum absolute atomic E-state index is 14.3. The van der Waals surface area contributed by atoms with Crippen molar-refractivity contribution >= 4 is 0 Å². The monoisotopic (exact) mass is 752 g/mol. The number of hydrogen-bond acceptors (Lipinski definition) is 6. The Labute approximate surface area is 334 Å². The molecule has 0 saturated carbocycles. The molecule has 0 aliphatic carbocycles. The maximum Gasteiger partial charge on any atom is 0.123 e. The second-order valence-electron chi connectivity index (χ2n) is 15.8. The van der Waals surface area contributed by atoms with Crippen LogP contribution >= 0.6 is 0 Å². The van der Waals surface area contributed by atoms with Gasteiger partial charge in [-0.1, -0.05) is 109 Å². The molecular formula is C49H61FN6. The quantitative estimate of drug-likeness (QED) is 0.127. The van der Waals surface area contributed by atoms with Crippen molar-refractivity contribution in [1.29, 1.82) is 0 Å². The summed E-state index contributed by atoms with van der Waals surface area (Å²) in [5, 5.41) is 14.7. The summed E-state index contributed by atoms with van der Waals surface area (Å²) in [6.45, 7) is 13.7. The first-order chi connectivity index (χ1) is 27.6. The molecule has 0 saturated heterocycles. The van der Waals surface area contributed by atoms with Crippen molar-refractivity contribution < 1.29 is 4.39 Å². The number of nitrogens with one attached hydrogen (secondary N) is 4. The van der Waals surface area contributed by atoms with Crippen LogP contribution in [-0.4, -0.2) is 62.2 Å². The molecule has 4 bridgehead atoms. The summed E-state index contributed by atoms with van der Waals surface area (Å²) in [6.07, 6.45) is 4.43. The van der Waals surface area contributed by atoms with Gasteiger partial charge in [-0.2, -0.15) is 0 Å². The van der Waals surface area contributed by atoms with Gasteiger partial charge in [0.1, 0.15) is 5.82 Å². The zero-order chi connectivity index (χ0) is 38.2. The van der Waals surface area contributed by atoms with Crippen LogP contribution in [0.3, 0.4) is 0 Å². The first kappa shape index (κ1) is 40.0. The Kier molecular flexibility index (Phi) is 15.3. The molecule has 0 fully saturated rings. The third kappa shape index (κ3) is 12.4. The Morgan fingerprint density at radius 1 is 0.429 bits per heavy atom. The Morgan fingerprint density at radius 2 is 0.804 bits per heavy atom. The summed E-state index contributed by atoms with van der Waals surface area (Å²) < 4.78 is 14.3. The molecule has 0 radical (unpaired) electrons. The van der Waals surface area contributed by atoms with E-state index in [1.807, 2.05) is 12.1 Å². The molecule has 7 rings (SSSR count). The Bertz CT molecular complexity index is 1750. The summed E-state index contributed by atoms with van der Waals surface area (Å²) in [4.78, 5) is 5.23. The van der Waals surface area contributed by atoms with Crippen molar-refractivity contribution in [2.45, 2.75) is 70.9 Å². The fraction of sp³-hybridized carbons (Fsp3) is 0.388. The maximum atomic E-state index is 14.3. The average molecular weight is 753 g/mol. The van der Waals surface area contributed by atoms with Crippen molar-refractivity contribution in [3.8, 4) is 0 Å². The van der Waals surface area contributed by atoms with E-state index >= 15 is 0 Å². The molecule has 4 N–H and O–H groups in total. The van der Waals surface area contributed by atoms with E-state index in [-0.39, 0.29) is 11.7 Å². The second-order valence-corrected chi connectivity index (χ2v) is 15.8. The minimum absolute atomic E-state index is 0.00417. The van der Waals surface area contributed by atoms with Gasteiger partial charge in [0.15, 0.2) is 0 Å². The van der Waals surface area contributed by atoms with Crippen LogP contribution in [0, 0.1) is 5.82 Å². The van der Waals surface area contributed by atoms with Gasteiger partial charge >= 0.3 is 0 Å². The Hall–Kier alpha value is -4.21. The summed E-state index contributed by atoms with van der Waals surface area (Å²) in [6, 6.07) is 43.3. The van der Waals surface area contributed by atoms with Crippen molar-refractivity contribution in [3.05, 3.63) is 177 Å². The molecule has 0 atom stereocenters. The zero-order valence-corrected chi connectivity index (χ0v) is 33.1. The van der Waals surface area contributed by atoms with E-state index in [2.05, 4.69) is 128 Å². The molecule has 7 heteroatoms. The molecule has 2 aliphatic heterocycles. The SMILES string of the molecule is Fc1ccc(C(c2cccc(CN3CCCNCc4cccc(c4)CNCCC3)c2)c2cccc(CN3CCCNCc4cccc(c4)CNCCC3)c2)cc1. The highest BCUT2D eigenvalue weighted by Crippen LogP contribution is 2.33. The molecule has 0 aromatic heterocycles. The van der Waals surface area contributed by atoms with Crippen LogP contribution in [0.15, 0.2) is 121 Å². The lowest BCUT2D eigenvalue weighted by atomic mass is 9.84. The molecule has 2 aliphatic rings. The predicted octanol–water partition coefficient (Wildman–Crippen LogP) is 7.96. The summed E-state index contributed by atoms with van der Waals surface area (Å²) in [5.41, 5.74) is 11.7. The molecule has 0 amide bonds. The first-order valence-corrected chi connectivity index (χ1v) is 21.0. The normalized spacial score (nSPS) is 17.5. The standard InChI is InChI=1S/C49H61FN6/c50-48-19-17-45(18-20-48)49(46-15-3-13-43(31-46)37-55-25-5-21-51-33-39-9-1-10-40(29-39)34-52-22-6-26-55)47-16-4-14-44(32-47)38-56-27-7-23-53-35-41-11-2-12-42(30-41)36-54-24-8-28-56/h1-4,9-20,29-32,49,51-54H,5-8,21-28,33-38H2. The Balaban J connectivity index is 1.05. The van der Waals surface area contributed by atoms with Gasteiger partial charge in [0.25, 0.3) is 0 Å². The molecule has 0 unspecified atom stereocenters. The molecule has 56 heavy (non-hydrogen) atoms. The number of nitrogens with zero attached hydrogens (tertiary/aromatic N) is 2. The fourth-order valence-corrected chi connectivity index (χ4v) is 8.37. The van der Waals surface area contributed by atoms with Gasteiger partial charge in [-0.15, -0.1) is 0 Å². The van der Waals surface area contributed by atoms with Crippen molar-refractivity contribution in [1.82, 2.24) is 31.1 Å². The first-order valence-electron chi connectivity index (χ1n) is 21.0. The van der Waals surface area contributed by atoms with Crippen LogP contribution in [0.4, 0.5) is 4.39 Å². The third-order valence-electron chi connectivity index (χ3n) is 11.2. The molecule has 0 spiro atoms. The van der Waals surface area contributed by atoms with Gasteiger partial charge in [0.2, 0.25) is 0 Å². The highest BCUT2D eigenvalue weighted by molar-refractivity contribution is 5.45. The van der Waals surface area contributed by atoms with E-state index in [1.54, 1.807) is 12.1 Å². The van der Waals surface area contributed by atoms with Crippen molar-refractivity contribution in [2.75, 3.05) is 52.4 Å². The van der Waals surface area contributed by atoms with Gasteiger partial charge < -0.3 is 21.3 Å². The summed E-state index contributed by atoms with van der Waals surface area (Å²) >= 11 is 0. The fourth-order valence-electron chi connectivity index (χ4n) is 8.37. The van der Waals surface area contributed by atoms with E-state index in [9.17, 15) is 4.39 Å².